The van der Waals surface area contributed by atoms with Crippen LogP contribution in [0.1, 0.15) is 28.9 Å². The van der Waals surface area contributed by atoms with Crippen molar-refractivity contribution in [3.8, 4) is 0 Å². The van der Waals surface area contributed by atoms with Gasteiger partial charge in [-0.3, -0.25) is 4.79 Å². The molecule has 0 radical (unpaired) electrons. The van der Waals surface area contributed by atoms with Crippen LogP contribution in [-0.4, -0.2) is 37.0 Å². The number of hydrogen-bond donors (Lipinski definition) is 2. The van der Waals surface area contributed by atoms with Crippen molar-refractivity contribution in [2.75, 3.05) is 26.4 Å². The number of anilines is 1. The molecule has 0 unspecified atom stereocenters. The van der Waals surface area contributed by atoms with Gasteiger partial charge in [0.15, 0.2) is 0 Å². The number of nitrogen functional groups attached to an aromatic ring is 1. The molecule has 5 heteroatoms. The minimum Gasteiger partial charge on any atom is -0.397 e. The van der Waals surface area contributed by atoms with Crippen molar-refractivity contribution in [2.24, 2.45) is 0 Å². The van der Waals surface area contributed by atoms with E-state index in [-0.39, 0.29) is 11.4 Å². The molecule has 2 rings (SSSR count). The Morgan fingerprint density at radius 1 is 1.59 bits per heavy atom. The quantitative estimate of drug-likeness (QED) is 0.856. The molecule has 0 aromatic carbocycles. The summed E-state index contributed by atoms with van der Waals surface area (Å²) in [6, 6.07) is 1.77. The summed E-state index contributed by atoms with van der Waals surface area (Å²) in [4.78, 5) is 14.8. The predicted molar refractivity (Wildman–Crippen MR) is 71.3 cm³/mol. The average molecular weight is 253 g/mol. The average Bonchev–Trinajstić information content (AvgIpc) is 2.62. The Labute approximate surface area is 106 Å². The maximum atomic E-state index is 11.9. The van der Waals surface area contributed by atoms with Gasteiger partial charge in [0.25, 0.3) is 5.91 Å². The molecule has 17 heavy (non-hydrogen) atoms. The molecule has 0 bridgehead atoms. The number of amides is 1. The highest BCUT2D eigenvalue weighted by atomic mass is 32.1. The van der Waals surface area contributed by atoms with Crippen LogP contribution in [0.25, 0.3) is 0 Å². The fourth-order valence-electron chi connectivity index (χ4n) is 2.20. The molecule has 1 fully saturated rings. The van der Waals surface area contributed by atoms with Gasteiger partial charge in [0.05, 0.1) is 5.69 Å². The van der Waals surface area contributed by atoms with E-state index in [1.807, 2.05) is 5.38 Å². The molecular formula is C12H19N3OS. The zero-order valence-electron chi connectivity index (χ0n) is 10.3. The highest BCUT2D eigenvalue weighted by Gasteiger charge is 2.39. The van der Waals surface area contributed by atoms with Gasteiger partial charge in [0, 0.05) is 12.1 Å². The zero-order chi connectivity index (χ0) is 12.5. The first kappa shape index (κ1) is 12.4. The lowest BCUT2D eigenvalue weighted by atomic mass is 9.75. The Hall–Kier alpha value is -1.07. The Kier molecular flexibility index (Phi) is 3.40. The van der Waals surface area contributed by atoms with Crippen LogP contribution in [0.4, 0.5) is 5.69 Å². The number of carbonyl (C=O) groups excluding carboxylic acids is 1. The Balaban J connectivity index is 1.94. The van der Waals surface area contributed by atoms with E-state index in [1.54, 1.807) is 6.07 Å². The maximum Gasteiger partial charge on any atom is 0.263 e. The van der Waals surface area contributed by atoms with E-state index >= 15 is 0 Å². The summed E-state index contributed by atoms with van der Waals surface area (Å²) >= 11 is 1.39. The van der Waals surface area contributed by atoms with Gasteiger partial charge in [-0.1, -0.05) is 0 Å². The number of nitrogens with one attached hydrogen (secondary N) is 1. The summed E-state index contributed by atoms with van der Waals surface area (Å²) in [5.41, 5.74) is 6.45. The fourth-order valence-corrected chi connectivity index (χ4v) is 2.93. The molecule has 0 atom stereocenters. The van der Waals surface area contributed by atoms with E-state index < -0.39 is 0 Å². The van der Waals surface area contributed by atoms with Crippen LogP contribution in [0.2, 0.25) is 0 Å². The second kappa shape index (κ2) is 4.66. The predicted octanol–water partition coefficient (Wildman–Crippen LogP) is 1.54. The maximum absolute atomic E-state index is 11.9. The molecule has 1 aliphatic carbocycles. The van der Waals surface area contributed by atoms with E-state index in [0.29, 0.717) is 17.1 Å². The minimum atomic E-state index is -0.0503. The van der Waals surface area contributed by atoms with Crippen LogP contribution in [-0.2, 0) is 0 Å². The second-order valence-corrected chi connectivity index (χ2v) is 5.78. The molecule has 1 aromatic heterocycles. The molecule has 3 N–H and O–H groups in total. The minimum absolute atomic E-state index is 0.0503. The lowest BCUT2D eigenvalue weighted by Gasteiger charge is -2.47. The molecule has 4 nitrogen and oxygen atoms in total. The third-order valence-electron chi connectivity index (χ3n) is 3.71. The van der Waals surface area contributed by atoms with Crippen LogP contribution in [0.15, 0.2) is 11.4 Å². The number of nitrogens with two attached hydrogens (primary N) is 1. The third kappa shape index (κ3) is 2.30. The zero-order valence-corrected chi connectivity index (χ0v) is 11.1. The standard InChI is InChI=1S/C12H19N3OS/c1-15(2)12(5-3-6-12)8-14-11(16)10-9(13)4-7-17-10/h4,7H,3,5-6,8,13H2,1-2H3,(H,14,16). The first-order valence-corrected chi connectivity index (χ1v) is 6.72. The monoisotopic (exact) mass is 253 g/mol. The van der Waals surface area contributed by atoms with Crippen molar-refractivity contribution in [1.29, 1.82) is 0 Å². The summed E-state index contributed by atoms with van der Waals surface area (Å²) in [6.45, 7) is 0.705. The highest BCUT2D eigenvalue weighted by Crippen LogP contribution is 2.35. The van der Waals surface area contributed by atoms with E-state index in [4.69, 9.17) is 5.73 Å². The molecule has 0 spiro atoms. The van der Waals surface area contributed by atoms with Crippen molar-refractivity contribution in [3.05, 3.63) is 16.3 Å². The number of hydrogen-bond acceptors (Lipinski definition) is 4. The fraction of sp³-hybridized carbons (Fsp3) is 0.583. The first-order valence-electron chi connectivity index (χ1n) is 5.84. The Morgan fingerprint density at radius 3 is 2.71 bits per heavy atom. The molecule has 0 aliphatic heterocycles. The second-order valence-electron chi connectivity index (χ2n) is 4.86. The normalized spacial score (nSPS) is 17.8. The van der Waals surface area contributed by atoms with Gasteiger partial charge in [-0.2, -0.15) is 0 Å². The van der Waals surface area contributed by atoms with Crippen molar-refractivity contribution < 1.29 is 4.79 Å². The molecule has 1 amide bonds. The number of rotatable bonds is 4. The van der Waals surface area contributed by atoms with E-state index in [0.717, 1.165) is 12.8 Å². The number of likely N-dealkylation sites (N-methyl/N-ethyl adjacent to an activating group) is 1. The van der Waals surface area contributed by atoms with Crippen molar-refractivity contribution in [2.45, 2.75) is 24.8 Å². The van der Waals surface area contributed by atoms with Gasteiger partial charge in [0.2, 0.25) is 0 Å². The van der Waals surface area contributed by atoms with Gasteiger partial charge in [0.1, 0.15) is 4.88 Å². The number of thiophene rings is 1. The van der Waals surface area contributed by atoms with Crippen LogP contribution < -0.4 is 11.1 Å². The number of nitrogens with zero attached hydrogens (tertiary/aromatic N) is 1. The van der Waals surface area contributed by atoms with Crippen molar-refractivity contribution in [1.82, 2.24) is 10.2 Å². The summed E-state index contributed by atoms with van der Waals surface area (Å²) < 4.78 is 0. The molecule has 94 valence electrons. The summed E-state index contributed by atoms with van der Waals surface area (Å²) in [5, 5.41) is 4.84. The van der Waals surface area contributed by atoms with Crippen LogP contribution >= 0.6 is 11.3 Å². The highest BCUT2D eigenvalue weighted by molar-refractivity contribution is 7.12. The van der Waals surface area contributed by atoms with E-state index in [1.165, 1.54) is 17.8 Å². The summed E-state index contributed by atoms with van der Waals surface area (Å²) in [6.07, 6.45) is 3.55. The van der Waals surface area contributed by atoms with Crippen LogP contribution in [0.3, 0.4) is 0 Å². The van der Waals surface area contributed by atoms with Crippen LogP contribution in [0, 0.1) is 0 Å². The SMILES string of the molecule is CN(C)C1(CNC(=O)c2sccc2N)CCC1. The lowest BCUT2D eigenvalue weighted by molar-refractivity contribution is 0.0559. The third-order valence-corrected chi connectivity index (χ3v) is 4.64. The molecule has 1 heterocycles. The topological polar surface area (TPSA) is 58.4 Å². The summed E-state index contributed by atoms with van der Waals surface area (Å²) in [7, 11) is 4.15. The Bertz CT molecular complexity index is 410. The molecule has 1 aliphatic rings. The molecule has 1 aromatic rings. The van der Waals surface area contributed by atoms with E-state index in [9.17, 15) is 4.79 Å². The van der Waals surface area contributed by atoms with Crippen molar-refractivity contribution in [3.63, 3.8) is 0 Å². The largest absolute Gasteiger partial charge is 0.397 e. The van der Waals surface area contributed by atoms with Gasteiger partial charge in [-0.25, -0.2) is 0 Å². The van der Waals surface area contributed by atoms with Gasteiger partial charge < -0.3 is 16.0 Å². The summed E-state index contributed by atoms with van der Waals surface area (Å²) in [5.74, 6) is -0.0503. The van der Waals surface area contributed by atoms with Gasteiger partial charge in [-0.05, 0) is 44.8 Å². The number of carbonyl (C=O) groups is 1. The molecular weight excluding hydrogens is 234 g/mol. The Morgan fingerprint density at radius 2 is 2.29 bits per heavy atom. The van der Waals surface area contributed by atoms with Crippen molar-refractivity contribution >= 4 is 22.9 Å². The molecule has 0 saturated heterocycles. The van der Waals surface area contributed by atoms with E-state index in [2.05, 4.69) is 24.3 Å². The van der Waals surface area contributed by atoms with Crippen LogP contribution in [0.5, 0.6) is 0 Å². The first-order chi connectivity index (χ1) is 8.05. The van der Waals surface area contributed by atoms with Gasteiger partial charge in [-0.15, -0.1) is 11.3 Å². The molecule has 1 saturated carbocycles. The lowest BCUT2D eigenvalue weighted by Crippen LogP contribution is -2.57. The van der Waals surface area contributed by atoms with Gasteiger partial charge >= 0.3 is 0 Å². The smallest absolute Gasteiger partial charge is 0.263 e.